The SMILES string of the molecule is Cc1ccc(CS(=O)c2cccc(N)c2)c(Cl)c1. The van der Waals surface area contributed by atoms with E-state index in [1.165, 1.54) is 0 Å². The minimum absolute atomic E-state index is 0.405. The maximum atomic E-state index is 12.2. The molecule has 94 valence electrons. The average molecular weight is 280 g/mol. The van der Waals surface area contributed by atoms with Crippen molar-refractivity contribution in [3.63, 3.8) is 0 Å². The molecule has 2 rings (SSSR count). The Hall–Kier alpha value is -1.32. The minimum Gasteiger partial charge on any atom is -0.399 e. The smallest absolute Gasteiger partial charge is 0.0575 e. The van der Waals surface area contributed by atoms with Crippen LogP contribution in [0.15, 0.2) is 47.4 Å². The van der Waals surface area contributed by atoms with Gasteiger partial charge in [0, 0.05) is 15.6 Å². The Bertz CT molecular complexity index is 598. The average Bonchev–Trinajstić information content (AvgIpc) is 2.32. The fourth-order valence-corrected chi connectivity index (χ4v) is 3.23. The summed E-state index contributed by atoms with van der Waals surface area (Å²) in [7, 11) is -1.13. The first-order valence-electron chi connectivity index (χ1n) is 5.55. The number of anilines is 1. The lowest BCUT2D eigenvalue weighted by Crippen LogP contribution is -1.98. The van der Waals surface area contributed by atoms with Crippen molar-refractivity contribution in [1.29, 1.82) is 0 Å². The molecule has 1 atom stereocenters. The Labute approximate surface area is 114 Å². The molecule has 0 fully saturated rings. The topological polar surface area (TPSA) is 43.1 Å². The van der Waals surface area contributed by atoms with E-state index in [-0.39, 0.29) is 0 Å². The first-order chi connectivity index (χ1) is 8.56. The summed E-state index contributed by atoms with van der Waals surface area (Å²) < 4.78 is 12.2. The van der Waals surface area contributed by atoms with Gasteiger partial charge < -0.3 is 5.73 Å². The molecule has 0 amide bonds. The van der Waals surface area contributed by atoms with Gasteiger partial charge in [0.1, 0.15) is 0 Å². The van der Waals surface area contributed by atoms with Crippen molar-refractivity contribution in [2.24, 2.45) is 0 Å². The van der Waals surface area contributed by atoms with Crippen LogP contribution in [0.5, 0.6) is 0 Å². The lowest BCUT2D eigenvalue weighted by atomic mass is 10.2. The molecule has 0 spiro atoms. The fraction of sp³-hybridized carbons (Fsp3) is 0.143. The van der Waals surface area contributed by atoms with Crippen LogP contribution in [0, 0.1) is 6.92 Å². The van der Waals surface area contributed by atoms with E-state index in [0.717, 1.165) is 16.0 Å². The van der Waals surface area contributed by atoms with Gasteiger partial charge in [-0.15, -0.1) is 0 Å². The van der Waals surface area contributed by atoms with Gasteiger partial charge in [-0.3, -0.25) is 4.21 Å². The molecule has 0 bridgehead atoms. The summed E-state index contributed by atoms with van der Waals surface area (Å²) in [4.78, 5) is 0.728. The lowest BCUT2D eigenvalue weighted by Gasteiger charge is -2.06. The quantitative estimate of drug-likeness (QED) is 0.874. The van der Waals surface area contributed by atoms with Gasteiger partial charge in [0.15, 0.2) is 0 Å². The number of benzene rings is 2. The van der Waals surface area contributed by atoms with Gasteiger partial charge in [-0.05, 0) is 42.3 Å². The third-order valence-electron chi connectivity index (χ3n) is 2.62. The largest absolute Gasteiger partial charge is 0.399 e. The Morgan fingerprint density at radius 2 is 2.00 bits per heavy atom. The van der Waals surface area contributed by atoms with Crippen LogP contribution in [0.2, 0.25) is 5.02 Å². The first kappa shape index (κ1) is 13.1. The molecular weight excluding hydrogens is 266 g/mol. The van der Waals surface area contributed by atoms with Crippen LogP contribution < -0.4 is 5.73 Å². The summed E-state index contributed by atoms with van der Waals surface area (Å²) in [5.41, 5.74) is 8.29. The van der Waals surface area contributed by atoms with Gasteiger partial charge in [-0.1, -0.05) is 29.8 Å². The standard InChI is InChI=1S/C14H14ClNOS/c1-10-5-6-11(14(15)7-10)9-18(17)13-4-2-3-12(16)8-13/h2-8H,9,16H2,1H3. The van der Waals surface area contributed by atoms with Crippen molar-refractivity contribution < 1.29 is 4.21 Å². The van der Waals surface area contributed by atoms with Crippen LogP contribution in [0.25, 0.3) is 0 Å². The monoisotopic (exact) mass is 279 g/mol. The van der Waals surface area contributed by atoms with Gasteiger partial charge in [-0.25, -0.2) is 0 Å². The molecule has 1 unspecified atom stereocenters. The number of nitrogen functional groups attached to an aromatic ring is 1. The van der Waals surface area contributed by atoms with E-state index in [0.29, 0.717) is 16.5 Å². The highest BCUT2D eigenvalue weighted by molar-refractivity contribution is 7.84. The maximum absolute atomic E-state index is 12.2. The predicted molar refractivity (Wildman–Crippen MR) is 77.2 cm³/mol. The molecule has 0 aliphatic carbocycles. The zero-order valence-electron chi connectivity index (χ0n) is 10.0. The Morgan fingerprint density at radius 3 is 2.67 bits per heavy atom. The van der Waals surface area contributed by atoms with Crippen LogP contribution in [0.1, 0.15) is 11.1 Å². The highest BCUT2D eigenvalue weighted by Gasteiger charge is 2.08. The van der Waals surface area contributed by atoms with E-state index in [2.05, 4.69) is 0 Å². The highest BCUT2D eigenvalue weighted by Crippen LogP contribution is 2.22. The molecule has 0 heterocycles. The Morgan fingerprint density at radius 1 is 1.22 bits per heavy atom. The molecule has 2 aromatic rings. The van der Waals surface area contributed by atoms with Gasteiger partial charge in [0.2, 0.25) is 0 Å². The summed E-state index contributed by atoms with van der Waals surface area (Å²) in [6.45, 7) is 1.98. The number of halogens is 1. The van der Waals surface area contributed by atoms with Gasteiger partial charge in [-0.2, -0.15) is 0 Å². The second-order valence-corrected chi connectivity index (χ2v) is 6.02. The molecule has 2 nitrogen and oxygen atoms in total. The Kier molecular flexibility index (Phi) is 4.04. The number of hydrogen-bond acceptors (Lipinski definition) is 2. The molecule has 0 radical (unpaired) electrons. The van der Waals surface area contributed by atoms with Gasteiger partial charge >= 0.3 is 0 Å². The number of nitrogens with two attached hydrogens (primary N) is 1. The van der Waals surface area contributed by atoms with Crippen molar-refractivity contribution >= 4 is 28.1 Å². The number of hydrogen-bond donors (Lipinski definition) is 1. The van der Waals surface area contributed by atoms with Crippen LogP contribution in [0.4, 0.5) is 5.69 Å². The number of aryl methyl sites for hydroxylation is 1. The van der Waals surface area contributed by atoms with E-state index < -0.39 is 10.8 Å². The third-order valence-corrected chi connectivity index (χ3v) is 4.32. The summed E-state index contributed by atoms with van der Waals surface area (Å²) in [6.07, 6.45) is 0. The van der Waals surface area contributed by atoms with Crippen molar-refractivity contribution in [2.75, 3.05) is 5.73 Å². The van der Waals surface area contributed by atoms with Gasteiger partial charge in [0.05, 0.1) is 16.6 Å². The van der Waals surface area contributed by atoms with E-state index >= 15 is 0 Å². The van der Waals surface area contributed by atoms with E-state index in [9.17, 15) is 4.21 Å². The van der Waals surface area contributed by atoms with Crippen molar-refractivity contribution in [1.82, 2.24) is 0 Å². The molecule has 0 aliphatic rings. The van der Waals surface area contributed by atoms with Gasteiger partial charge in [0.25, 0.3) is 0 Å². The van der Waals surface area contributed by atoms with Crippen LogP contribution in [-0.4, -0.2) is 4.21 Å². The summed E-state index contributed by atoms with van der Waals surface area (Å²) >= 11 is 6.13. The summed E-state index contributed by atoms with van der Waals surface area (Å²) in [5, 5.41) is 0.659. The van der Waals surface area contributed by atoms with Crippen molar-refractivity contribution in [3.05, 3.63) is 58.6 Å². The molecule has 2 aromatic carbocycles. The molecule has 0 saturated heterocycles. The summed E-state index contributed by atoms with van der Waals surface area (Å²) in [6, 6.07) is 12.9. The zero-order valence-corrected chi connectivity index (χ0v) is 11.6. The molecule has 18 heavy (non-hydrogen) atoms. The highest BCUT2D eigenvalue weighted by atomic mass is 35.5. The van der Waals surface area contributed by atoms with Crippen LogP contribution in [-0.2, 0) is 16.6 Å². The molecule has 2 N–H and O–H groups in total. The minimum atomic E-state index is -1.13. The fourth-order valence-electron chi connectivity index (χ4n) is 1.65. The molecule has 4 heteroatoms. The second-order valence-electron chi connectivity index (χ2n) is 4.16. The first-order valence-corrected chi connectivity index (χ1v) is 7.25. The van der Waals surface area contributed by atoms with E-state index in [1.807, 2.05) is 31.2 Å². The molecule has 0 aliphatic heterocycles. The predicted octanol–water partition coefficient (Wildman–Crippen LogP) is 3.54. The second kappa shape index (κ2) is 5.55. The number of rotatable bonds is 3. The lowest BCUT2D eigenvalue weighted by molar-refractivity contribution is 0.682. The molecular formula is C14H14ClNOS. The van der Waals surface area contributed by atoms with Crippen molar-refractivity contribution in [3.8, 4) is 0 Å². The normalized spacial score (nSPS) is 12.3. The van der Waals surface area contributed by atoms with E-state index in [4.69, 9.17) is 17.3 Å². The zero-order chi connectivity index (χ0) is 13.1. The summed E-state index contributed by atoms with van der Waals surface area (Å²) in [5.74, 6) is 0.405. The molecule has 0 aromatic heterocycles. The third kappa shape index (κ3) is 3.12. The van der Waals surface area contributed by atoms with Crippen LogP contribution >= 0.6 is 11.6 Å². The van der Waals surface area contributed by atoms with Crippen molar-refractivity contribution in [2.45, 2.75) is 17.6 Å². The maximum Gasteiger partial charge on any atom is 0.0575 e. The van der Waals surface area contributed by atoms with Crippen LogP contribution in [0.3, 0.4) is 0 Å². The van der Waals surface area contributed by atoms with E-state index in [1.54, 1.807) is 18.2 Å². The molecule has 0 saturated carbocycles. The Balaban J connectivity index is 2.21.